The summed E-state index contributed by atoms with van der Waals surface area (Å²) in [6, 6.07) is 9.95. The fourth-order valence-electron chi connectivity index (χ4n) is 1.95. The highest BCUT2D eigenvalue weighted by molar-refractivity contribution is 5.28. The van der Waals surface area contributed by atoms with E-state index >= 15 is 0 Å². The Morgan fingerprint density at radius 2 is 1.88 bits per heavy atom. The van der Waals surface area contributed by atoms with Crippen LogP contribution in [-0.2, 0) is 13.0 Å². The van der Waals surface area contributed by atoms with Crippen molar-refractivity contribution in [2.45, 2.75) is 32.9 Å². The summed E-state index contributed by atoms with van der Waals surface area (Å²) < 4.78 is 1.82. The van der Waals surface area contributed by atoms with Crippen LogP contribution < -0.4 is 0 Å². The third kappa shape index (κ3) is 2.39. The molecule has 0 spiro atoms. The topological polar surface area (TPSA) is 38.1 Å². The Hall–Kier alpha value is -1.61. The first-order chi connectivity index (χ1) is 8.26. The van der Waals surface area contributed by atoms with Crippen molar-refractivity contribution >= 4 is 0 Å². The van der Waals surface area contributed by atoms with Gasteiger partial charge in [-0.25, -0.2) is 0 Å². The van der Waals surface area contributed by atoms with Gasteiger partial charge in [-0.15, -0.1) is 0 Å². The average Bonchev–Trinajstić information content (AvgIpc) is 2.86. The second kappa shape index (κ2) is 5.15. The molecule has 0 aliphatic rings. The number of aromatic nitrogens is 2. The largest absolute Gasteiger partial charge is 0.382 e. The molecule has 0 amide bonds. The Bertz CT molecular complexity index is 473. The van der Waals surface area contributed by atoms with E-state index in [9.17, 15) is 5.11 Å². The van der Waals surface area contributed by atoms with Gasteiger partial charge < -0.3 is 5.11 Å². The number of aliphatic hydroxyl groups is 1. The lowest BCUT2D eigenvalue weighted by atomic mass is 10.0. The van der Waals surface area contributed by atoms with Crippen LogP contribution in [0.25, 0.3) is 0 Å². The number of hydrogen-bond donors (Lipinski definition) is 1. The average molecular weight is 230 g/mol. The van der Waals surface area contributed by atoms with E-state index in [1.807, 2.05) is 29.8 Å². The van der Waals surface area contributed by atoms with Gasteiger partial charge in [0.15, 0.2) is 0 Å². The minimum absolute atomic E-state index is 0.594. The molecule has 0 aliphatic carbocycles. The first kappa shape index (κ1) is 11.9. The van der Waals surface area contributed by atoms with E-state index in [1.54, 1.807) is 6.20 Å². The minimum atomic E-state index is -0.594. The van der Waals surface area contributed by atoms with Crippen LogP contribution in [0.1, 0.15) is 36.8 Å². The number of aliphatic hydroxyl groups excluding tert-OH is 1. The summed E-state index contributed by atoms with van der Waals surface area (Å²) in [6.45, 7) is 4.91. The normalized spacial score (nSPS) is 12.6. The van der Waals surface area contributed by atoms with Crippen LogP contribution in [0.4, 0.5) is 0 Å². The van der Waals surface area contributed by atoms with E-state index in [-0.39, 0.29) is 0 Å². The first-order valence-corrected chi connectivity index (χ1v) is 6.04. The van der Waals surface area contributed by atoms with E-state index in [2.05, 4.69) is 24.2 Å². The monoisotopic (exact) mass is 230 g/mol. The highest BCUT2D eigenvalue weighted by Gasteiger charge is 2.14. The Labute approximate surface area is 102 Å². The summed E-state index contributed by atoms with van der Waals surface area (Å²) in [7, 11) is 0. The van der Waals surface area contributed by atoms with E-state index in [4.69, 9.17) is 0 Å². The molecule has 1 heterocycles. The molecule has 1 aromatic heterocycles. The second-order valence-electron chi connectivity index (χ2n) is 4.07. The van der Waals surface area contributed by atoms with Crippen LogP contribution in [0.3, 0.4) is 0 Å². The van der Waals surface area contributed by atoms with Crippen molar-refractivity contribution in [3.05, 3.63) is 53.3 Å². The van der Waals surface area contributed by atoms with Crippen LogP contribution >= 0.6 is 0 Å². The van der Waals surface area contributed by atoms with Crippen molar-refractivity contribution in [1.82, 2.24) is 9.78 Å². The molecule has 17 heavy (non-hydrogen) atoms. The van der Waals surface area contributed by atoms with Gasteiger partial charge in [-0.2, -0.15) is 5.10 Å². The standard InChI is InChI=1S/C14H18N2O/c1-3-11-5-7-12(8-6-11)14(17)13-9-10-15-16(13)4-2/h5-10,14,17H,3-4H2,1-2H3. The molecule has 1 aromatic carbocycles. The Kier molecular flexibility index (Phi) is 3.59. The third-order valence-corrected chi connectivity index (χ3v) is 3.03. The number of rotatable bonds is 4. The van der Waals surface area contributed by atoms with Crippen molar-refractivity contribution in [3.63, 3.8) is 0 Å². The smallest absolute Gasteiger partial charge is 0.121 e. The lowest BCUT2D eigenvalue weighted by Gasteiger charge is -2.13. The molecule has 3 nitrogen and oxygen atoms in total. The van der Waals surface area contributed by atoms with Gasteiger partial charge in [0.1, 0.15) is 6.10 Å². The van der Waals surface area contributed by atoms with Crippen LogP contribution in [0.2, 0.25) is 0 Å². The minimum Gasteiger partial charge on any atom is -0.382 e. The maximum absolute atomic E-state index is 10.3. The van der Waals surface area contributed by atoms with Gasteiger partial charge in [-0.3, -0.25) is 4.68 Å². The quantitative estimate of drug-likeness (QED) is 0.876. The van der Waals surface area contributed by atoms with Crippen LogP contribution in [0.5, 0.6) is 0 Å². The molecule has 1 atom stereocenters. The van der Waals surface area contributed by atoms with E-state index in [0.717, 1.165) is 24.2 Å². The summed E-state index contributed by atoms with van der Waals surface area (Å²) in [6.07, 6.45) is 2.15. The zero-order valence-corrected chi connectivity index (χ0v) is 10.3. The molecule has 1 N–H and O–H groups in total. The van der Waals surface area contributed by atoms with Gasteiger partial charge in [0, 0.05) is 12.7 Å². The Morgan fingerprint density at radius 1 is 1.18 bits per heavy atom. The zero-order chi connectivity index (χ0) is 12.3. The van der Waals surface area contributed by atoms with Crippen LogP contribution in [0, 0.1) is 0 Å². The molecule has 2 rings (SSSR count). The van der Waals surface area contributed by atoms with E-state index in [0.29, 0.717) is 0 Å². The number of benzene rings is 1. The highest BCUT2D eigenvalue weighted by atomic mass is 16.3. The highest BCUT2D eigenvalue weighted by Crippen LogP contribution is 2.22. The Morgan fingerprint density at radius 3 is 2.47 bits per heavy atom. The van der Waals surface area contributed by atoms with Crippen molar-refractivity contribution < 1.29 is 5.11 Å². The molecule has 3 heteroatoms. The van der Waals surface area contributed by atoms with Crippen molar-refractivity contribution in [2.75, 3.05) is 0 Å². The van der Waals surface area contributed by atoms with Gasteiger partial charge in [0.2, 0.25) is 0 Å². The van der Waals surface area contributed by atoms with Gasteiger partial charge in [-0.05, 0) is 30.5 Å². The fourth-order valence-corrected chi connectivity index (χ4v) is 1.95. The van der Waals surface area contributed by atoms with Crippen molar-refractivity contribution in [2.24, 2.45) is 0 Å². The van der Waals surface area contributed by atoms with Crippen LogP contribution in [0.15, 0.2) is 36.5 Å². The van der Waals surface area contributed by atoms with Gasteiger partial charge in [0.25, 0.3) is 0 Å². The molecule has 0 fully saturated rings. The molecular weight excluding hydrogens is 212 g/mol. The number of nitrogens with zero attached hydrogens (tertiary/aromatic N) is 2. The van der Waals surface area contributed by atoms with E-state index < -0.39 is 6.10 Å². The molecule has 0 saturated heterocycles. The predicted octanol–water partition coefficient (Wildman–Crippen LogP) is 2.55. The molecule has 0 bridgehead atoms. The number of aryl methyl sites for hydroxylation is 2. The summed E-state index contributed by atoms with van der Waals surface area (Å²) in [4.78, 5) is 0. The molecule has 2 aromatic rings. The summed E-state index contributed by atoms with van der Waals surface area (Å²) in [5, 5.41) is 14.5. The molecule has 1 unspecified atom stereocenters. The summed E-state index contributed by atoms with van der Waals surface area (Å²) in [5.74, 6) is 0. The fraction of sp³-hybridized carbons (Fsp3) is 0.357. The Balaban J connectivity index is 2.27. The zero-order valence-electron chi connectivity index (χ0n) is 10.3. The number of hydrogen-bond acceptors (Lipinski definition) is 2. The lowest BCUT2D eigenvalue weighted by Crippen LogP contribution is -2.09. The molecular formula is C14H18N2O. The third-order valence-electron chi connectivity index (χ3n) is 3.03. The molecule has 0 aliphatic heterocycles. The molecule has 90 valence electrons. The first-order valence-electron chi connectivity index (χ1n) is 6.04. The van der Waals surface area contributed by atoms with E-state index in [1.165, 1.54) is 5.56 Å². The van der Waals surface area contributed by atoms with Crippen molar-refractivity contribution in [3.8, 4) is 0 Å². The van der Waals surface area contributed by atoms with Gasteiger partial charge in [0.05, 0.1) is 5.69 Å². The predicted molar refractivity (Wildman–Crippen MR) is 67.8 cm³/mol. The summed E-state index contributed by atoms with van der Waals surface area (Å²) >= 11 is 0. The molecule has 0 saturated carbocycles. The SMILES string of the molecule is CCc1ccc(C(O)c2ccnn2CC)cc1. The summed E-state index contributed by atoms with van der Waals surface area (Å²) in [5.41, 5.74) is 3.04. The second-order valence-corrected chi connectivity index (χ2v) is 4.07. The van der Waals surface area contributed by atoms with Gasteiger partial charge >= 0.3 is 0 Å². The maximum atomic E-state index is 10.3. The van der Waals surface area contributed by atoms with Crippen molar-refractivity contribution in [1.29, 1.82) is 0 Å². The lowest BCUT2D eigenvalue weighted by molar-refractivity contribution is 0.208. The van der Waals surface area contributed by atoms with Crippen LogP contribution in [-0.4, -0.2) is 14.9 Å². The van der Waals surface area contributed by atoms with Gasteiger partial charge in [-0.1, -0.05) is 31.2 Å². The molecule has 0 radical (unpaired) electrons. The maximum Gasteiger partial charge on any atom is 0.121 e.